The molecule has 1 heterocycles. The Morgan fingerprint density at radius 1 is 1.18 bits per heavy atom. The number of nitrogens with one attached hydrogen (secondary N) is 2. The fourth-order valence-corrected chi connectivity index (χ4v) is 1.71. The van der Waals surface area contributed by atoms with E-state index in [1.807, 2.05) is 20.9 Å². The Bertz CT molecular complexity index is 390. The van der Waals surface area contributed by atoms with Crippen molar-refractivity contribution < 1.29 is 4.74 Å². The van der Waals surface area contributed by atoms with Gasteiger partial charge in [0.15, 0.2) is 0 Å². The SMILES string of the molecule is CNc1nc(C)nc(NC(C)(C)COC)c1C. The van der Waals surface area contributed by atoms with Crippen LogP contribution in [0.4, 0.5) is 11.6 Å². The second kappa shape index (κ2) is 5.31. The molecule has 0 aliphatic carbocycles. The first-order valence-electron chi connectivity index (χ1n) is 5.69. The third-order valence-electron chi connectivity index (χ3n) is 2.46. The number of rotatable bonds is 5. The Morgan fingerprint density at radius 2 is 1.76 bits per heavy atom. The summed E-state index contributed by atoms with van der Waals surface area (Å²) in [7, 11) is 3.55. The molecule has 2 N–H and O–H groups in total. The van der Waals surface area contributed by atoms with E-state index in [1.165, 1.54) is 0 Å². The molecule has 0 saturated heterocycles. The summed E-state index contributed by atoms with van der Waals surface area (Å²) < 4.78 is 5.18. The molecule has 0 atom stereocenters. The van der Waals surface area contributed by atoms with Gasteiger partial charge < -0.3 is 15.4 Å². The van der Waals surface area contributed by atoms with Gasteiger partial charge in [-0.1, -0.05) is 0 Å². The maximum Gasteiger partial charge on any atom is 0.135 e. The molecule has 0 bridgehead atoms. The summed E-state index contributed by atoms with van der Waals surface area (Å²) >= 11 is 0. The van der Waals surface area contributed by atoms with Crippen LogP contribution < -0.4 is 10.6 Å². The lowest BCUT2D eigenvalue weighted by Gasteiger charge is -2.27. The van der Waals surface area contributed by atoms with E-state index in [-0.39, 0.29) is 5.54 Å². The van der Waals surface area contributed by atoms with Gasteiger partial charge in [0.25, 0.3) is 0 Å². The van der Waals surface area contributed by atoms with Crippen LogP contribution in [0.15, 0.2) is 0 Å². The molecule has 5 heteroatoms. The minimum absolute atomic E-state index is 0.161. The Morgan fingerprint density at radius 3 is 2.29 bits per heavy atom. The predicted octanol–water partition coefficient (Wildman–Crippen LogP) is 1.97. The molecular weight excluding hydrogens is 216 g/mol. The van der Waals surface area contributed by atoms with Crippen LogP contribution in [0.3, 0.4) is 0 Å². The molecule has 0 amide bonds. The first kappa shape index (κ1) is 13.7. The Balaban J connectivity index is 3.02. The van der Waals surface area contributed by atoms with Gasteiger partial charge in [-0.2, -0.15) is 0 Å². The van der Waals surface area contributed by atoms with Crippen molar-refractivity contribution in [2.24, 2.45) is 0 Å². The fourth-order valence-electron chi connectivity index (χ4n) is 1.71. The first-order chi connectivity index (χ1) is 7.89. The van der Waals surface area contributed by atoms with Crippen molar-refractivity contribution in [3.8, 4) is 0 Å². The third-order valence-corrected chi connectivity index (χ3v) is 2.46. The molecule has 0 saturated carbocycles. The molecule has 0 aliphatic rings. The maximum atomic E-state index is 5.18. The van der Waals surface area contributed by atoms with Crippen molar-refractivity contribution in [3.63, 3.8) is 0 Å². The van der Waals surface area contributed by atoms with E-state index in [4.69, 9.17) is 4.74 Å². The highest BCUT2D eigenvalue weighted by Crippen LogP contribution is 2.22. The molecule has 1 aromatic rings. The average Bonchev–Trinajstić information content (AvgIpc) is 2.22. The maximum absolute atomic E-state index is 5.18. The van der Waals surface area contributed by atoms with Crippen molar-refractivity contribution in [2.75, 3.05) is 31.4 Å². The minimum Gasteiger partial charge on any atom is -0.382 e. The summed E-state index contributed by atoms with van der Waals surface area (Å²) in [6.07, 6.45) is 0. The van der Waals surface area contributed by atoms with Gasteiger partial charge in [-0.15, -0.1) is 0 Å². The standard InChI is InChI=1S/C12H22N4O/c1-8-10(13-5)14-9(2)15-11(8)16-12(3,4)7-17-6/h7H2,1-6H3,(H2,13,14,15,16). The lowest BCUT2D eigenvalue weighted by Crippen LogP contribution is -2.36. The van der Waals surface area contributed by atoms with Crippen molar-refractivity contribution in [2.45, 2.75) is 33.2 Å². The summed E-state index contributed by atoms with van der Waals surface area (Å²) in [5.74, 6) is 2.45. The fraction of sp³-hybridized carbons (Fsp3) is 0.667. The van der Waals surface area contributed by atoms with Crippen LogP contribution in [0.25, 0.3) is 0 Å². The summed E-state index contributed by atoms with van der Waals surface area (Å²) in [5, 5.41) is 6.46. The molecule has 17 heavy (non-hydrogen) atoms. The van der Waals surface area contributed by atoms with Gasteiger partial charge in [0.2, 0.25) is 0 Å². The van der Waals surface area contributed by atoms with Crippen molar-refractivity contribution in [3.05, 3.63) is 11.4 Å². The summed E-state index contributed by atoms with van der Waals surface area (Å²) in [6, 6.07) is 0. The number of ether oxygens (including phenoxy) is 1. The van der Waals surface area contributed by atoms with E-state index >= 15 is 0 Å². The summed E-state index contributed by atoms with van der Waals surface area (Å²) in [5.41, 5.74) is 0.855. The Hall–Kier alpha value is -1.36. The molecule has 0 fully saturated rings. The van der Waals surface area contributed by atoms with Crippen LogP contribution in [-0.2, 0) is 4.74 Å². The molecule has 0 aromatic carbocycles. The van der Waals surface area contributed by atoms with Gasteiger partial charge >= 0.3 is 0 Å². The molecule has 0 radical (unpaired) electrons. The number of aryl methyl sites for hydroxylation is 1. The number of anilines is 2. The first-order valence-corrected chi connectivity index (χ1v) is 5.69. The second-order valence-corrected chi connectivity index (χ2v) is 4.78. The minimum atomic E-state index is -0.161. The van der Waals surface area contributed by atoms with Crippen LogP contribution in [0.5, 0.6) is 0 Å². The highest BCUT2D eigenvalue weighted by molar-refractivity contribution is 5.57. The third kappa shape index (κ3) is 3.56. The zero-order chi connectivity index (χ0) is 13.1. The van der Waals surface area contributed by atoms with Gasteiger partial charge in [0.1, 0.15) is 17.5 Å². The average molecular weight is 238 g/mol. The molecule has 1 aromatic heterocycles. The highest BCUT2D eigenvalue weighted by atomic mass is 16.5. The molecule has 0 unspecified atom stereocenters. The normalized spacial score (nSPS) is 11.4. The lowest BCUT2D eigenvalue weighted by molar-refractivity contribution is 0.158. The number of nitrogens with zero attached hydrogens (tertiary/aromatic N) is 2. The molecule has 0 aliphatic heterocycles. The van der Waals surface area contributed by atoms with Crippen LogP contribution in [0, 0.1) is 13.8 Å². The van der Waals surface area contributed by atoms with E-state index in [0.717, 1.165) is 23.0 Å². The van der Waals surface area contributed by atoms with Gasteiger partial charge in [-0.05, 0) is 27.7 Å². The monoisotopic (exact) mass is 238 g/mol. The van der Waals surface area contributed by atoms with Gasteiger partial charge in [-0.25, -0.2) is 9.97 Å². The quantitative estimate of drug-likeness (QED) is 0.821. The summed E-state index contributed by atoms with van der Waals surface area (Å²) in [6.45, 7) is 8.65. The number of hydrogen-bond donors (Lipinski definition) is 2. The van der Waals surface area contributed by atoms with Gasteiger partial charge in [-0.3, -0.25) is 0 Å². The molecule has 0 spiro atoms. The van der Waals surface area contributed by atoms with E-state index in [2.05, 4.69) is 34.4 Å². The predicted molar refractivity (Wildman–Crippen MR) is 70.6 cm³/mol. The topological polar surface area (TPSA) is 59.1 Å². The number of aromatic nitrogens is 2. The second-order valence-electron chi connectivity index (χ2n) is 4.78. The zero-order valence-electron chi connectivity index (χ0n) is 11.5. The summed E-state index contributed by atoms with van der Waals surface area (Å²) in [4.78, 5) is 8.77. The molecule has 1 rings (SSSR count). The van der Waals surface area contributed by atoms with Crippen molar-refractivity contribution in [1.29, 1.82) is 0 Å². The van der Waals surface area contributed by atoms with Crippen LogP contribution in [0.1, 0.15) is 25.2 Å². The van der Waals surface area contributed by atoms with Crippen molar-refractivity contribution in [1.82, 2.24) is 9.97 Å². The van der Waals surface area contributed by atoms with E-state index in [9.17, 15) is 0 Å². The molecule has 5 nitrogen and oxygen atoms in total. The van der Waals surface area contributed by atoms with Gasteiger partial charge in [0.05, 0.1) is 12.1 Å². The van der Waals surface area contributed by atoms with Gasteiger partial charge in [0, 0.05) is 19.7 Å². The Kier molecular flexibility index (Phi) is 4.28. The Labute approximate surface area is 103 Å². The molecular formula is C12H22N4O. The van der Waals surface area contributed by atoms with Crippen LogP contribution >= 0.6 is 0 Å². The smallest absolute Gasteiger partial charge is 0.135 e. The number of hydrogen-bond acceptors (Lipinski definition) is 5. The number of methoxy groups -OCH3 is 1. The van der Waals surface area contributed by atoms with Crippen molar-refractivity contribution >= 4 is 11.6 Å². The van der Waals surface area contributed by atoms with E-state index in [1.54, 1.807) is 7.11 Å². The lowest BCUT2D eigenvalue weighted by atomic mass is 10.1. The van der Waals surface area contributed by atoms with Crippen LogP contribution in [-0.4, -0.2) is 36.3 Å². The zero-order valence-corrected chi connectivity index (χ0v) is 11.5. The van der Waals surface area contributed by atoms with Crippen LogP contribution in [0.2, 0.25) is 0 Å². The van der Waals surface area contributed by atoms with E-state index in [0.29, 0.717) is 6.61 Å². The van der Waals surface area contributed by atoms with E-state index < -0.39 is 0 Å². The highest BCUT2D eigenvalue weighted by Gasteiger charge is 2.20. The largest absolute Gasteiger partial charge is 0.382 e. The molecule has 96 valence electrons.